The minimum atomic E-state index is -3.88. The number of benzene rings is 2. The second-order valence-corrected chi connectivity index (χ2v) is 8.63. The molecule has 0 amide bonds. The molecule has 32 heavy (non-hydrogen) atoms. The van der Waals surface area contributed by atoms with Crippen molar-refractivity contribution in [1.29, 1.82) is 0 Å². The highest BCUT2D eigenvalue weighted by Gasteiger charge is 2.13. The molecule has 0 aliphatic carbocycles. The van der Waals surface area contributed by atoms with E-state index in [4.69, 9.17) is 5.14 Å². The number of nitrogens with two attached hydrogens (primary N) is 1. The minimum Gasteiger partial charge on any atom is -0.338 e. The van der Waals surface area contributed by atoms with Crippen molar-refractivity contribution in [3.8, 4) is 0 Å². The molecule has 2 heterocycles. The number of halogens is 1. The van der Waals surface area contributed by atoms with E-state index in [9.17, 15) is 12.8 Å². The molecule has 4 aromatic rings. The number of hydrogen-bond acceptors (Lipinski definition) is 7. The van der Waals surface area contributed by atoms with E-state index in [-0.39, 0.29) is 16.7 Å². The van der Waals surface area contributed by atoms with Gasteiger partial charge in [0.2, 0.25) is 16.0 Å². The van der Waals surface area contributed by atoms with Crippen LogP contribution in [0.1, 0.15) is 11.1 Å². The molecule has 4 rings (SSSR count). The molecule has 0 saturated carbocycles. The van der Waals surface area contributed by atoms with Crippen LogP contribution in [0.3, 0.4) is 0 Å². The molecule has 164 valence electrons. The number of nitrogens with one attached hydrogen (secondary N) is 2. The highest BCUT2D eigenvalue weighted by Crippen LogP contribution is 2.23. The maximum Gasteiger partial charge on any atom is 0.238 e. The summed E-state index contributed by atoms with van der Waals surface area (Å²) in [5.41, 5.74) is 2.62. The summed E-state index contributed by atoms with van der Waals surface area (Å²) in [7, 11) is -3.88. The van der Waals surface area contributed by atoms with E-state index in [2.05, 4.69) is 25.6 Å². The first-order valence-corrected chi connectivity index (χ1v) is 11.1. The Balaban J connectivity index is 1.51. The summed E-state index contributed by atoms with van der Waals surface area (Å²) in [4.78, 5) is 12.1. The van der Waals surface area contributed by atoms with Gasteiger partial charge >= 0.3 is 0 Å². The second-order valence-electron chi connectivity index (χ2n) is 7.10. The van der Waals surface area contributed by atoms with Crippen LogP contribution in [-0.4, -0.2) is 27.9 Å². The Morgan fingerprint density at radius 2 is 1.84 bits per heavy atom. The lowest BCUT2D eigenvalue weighted by molar-refractivity contribution is 0.597. The molecule has 0 radical (unpaired) electrons. The van der Waals surface area contributed by atoms with Gasteiger partial charge in [0, 0.05) is 30.3 Å². The first kappa shape index (κ1) is 21.4. The zero-order valence-electron chi connectivity index (χ0n) is 17.0. The van der Waals surface area contributed by atoms with Crippen LogP contribution in [0, 0.1) is 12.7 Å². The standard InChI is InChI=1S/C21H20FN7O2S/c1-14-2-5-17(10-19(14)32(23,30)31)27-21-25-11-18(22)20(28-21)26-16-6-3-15(4-7-16)12-29-9-8-24-13-29/h2-11,13H,12H2,1H3,(H2,23,30,31)(H2,25,26,27,28). The van der Waals surface area contributed by atoms with Gasteiger partial charge in [0.15, 0.2) is 11.6 Å². The summed E-state index contributed by atoms with van der Waals surface area (Å²) in [5.74, 6) is -0.564. The van der Waals surface area contributed by atoms with Gasteiger partial charge in [-0.3, -0.25) is 0 Å². The lowest BCUT2D eigenvalue weighted by atomic mass is 10.2. The van der Waals surface area contributed by atoms with E-state index in [1.807, 2.05) is 35.0 Å². The van der Waals surface area contributed by atoms with E-state index in [1.165, 1.54) is 6.07 Å². The first-order chi connectivity index (χ1) is 15.3. The van der Waals surface area contributed by atoms with E-state index < -0.39 is 15.8 Å². The van der Waals surface area contributed by atoms with Crippen LogP contribution in [0.4, 0.5) is 27.5 Å². The van der Waals surface area contributed by atoms with Gasteiger partial charge in [0.1, 0.15) is 0 Å². The van der Waals surface area contributed by atoms with Crippen molar-refractivity contribution in [3.05, 3.63) is 84.3 Å². The summed E-state index contributed by atoms with van der Waals surface area (Å²) >= 11 is 0. The predicted octanol–water partition coefficient (Wildman–Crippen LogP) is 3.30. The molecule has 0 saturated heterocycles. The van der Waals surface area contributed by atoms with Crippen molar-refractivity contribution < 1.29 is 12.8 Å². The highest BCUT2D eigenvalue weighted by molar-refractivity contribution is 7.89. The van der Waals surface area contributed by atoms with E-state index in [0.717, 1.165) is 11.8 Å². The number of aromatic nitrogens is 4. The van der Waals surface area contributed by atoms with Crippen molar-refractivity contribution in [2.75, 3.05) is 10.6 Å². The average Bonchev–Trinajstić information content (AvgIpc) is 3.25. The monoisotopic (exact) mass is 453 g/mol. The van der Waals surface area contributed by atoms with Crippen LogP contribution < -0.4 is 15.8 Å². The third kappa shape index (κ3) is 5.07. The number of aryl methyl sites for hydroxylation is 1. The molecule has 2 aromatic carbocycles. The Morgan fingerprint density at radius 1 is 1.09 bits per heavy atom. The fraction of sp³-hybridized carbons (Fsp3) is 0.0952. The fourth-order valence-electron chi connectivity index (χ4n) is 3.05. The van der Waals surface area contributed by atoms with Gasteiger partial charge in [0.05, 0.1) is 17.4 Å². The zero-order valence-corrected chi connectivity index (χ0v) is 17.8. The summed E-state index contributed by atoms with van der Waals surface area (Å²) in [6.45, 7) is 2.31. The summed E-state index contributed by atoms with van der Waals surface area (Å²) < 4.78 is 39.7. The molecular formula is C21H20FN7O2S. The van der Waals surface area contributed by atoms with Gasteiger partial charge in [-0.15, -0.1) is 0 Å². The third-order valence-electron chi connectivity index (χ3n) is 4.64. The number of anilines is 4. The van der Waals surface area contributed by atoms with E-state index in [0.29, 0.717) is 23.5 Å². The molecule has 0 bridgehead atoms. The van der Waals surface area contributed by atoms with Crippen molar-refractivity contribution in [2.45, 2.75) is 18.4 Å². The fourth-order valence-corrected chi connectivity index (χ4v) is 3.86. The molecule has 9 nitrogen and oxygen atoms in total. The van der Waals surface area contributed by atoms with Gasteiger partial charge in [-0.05, 0) is 42.3 Å². The number of rotatable bonds is 7. The van der Waals surface area contributed by atoms with Crippen LogP contribution >= 0.6 is 0 Å². The average molecular weight is 454 g/mol. The quantitative estimate of drug-likeness (QED) is 0.392. The smallest absolute Gasteiger partial charge is 0.238 e. The Bertz CT molecular complexity index is 1340. The summed E-state index contributed by atoms with van der Waals surface area (Å²) in [6, 6.07) is 12.1. The Hall–Kier alpha value is -3.83. The summed E-state index contributed by atoms with van der Waals surface area (Å²) in [6.07, 6.45) is 6.35. The number of hydrogen-bond donors (Lipinski definition) is 3. The Morgan fingerprint density at radius 3 is 2.53 bits per heavy atom. The zero-order chi connectivity index (χ0) is 22.7. The molecule has 0 spiro atoms. The van der Waals surface area contributed by atoms with Crippen LogP contribution in [0.2, 0.25) is 0 Å². The molecule has 0 aliphatic heterocycles. The molecule has 0 aliphatic rings. The van der Waals surface area contributed by atoms with Crippen molar-refractivity contribution >= 4 is 33.2 Å². The molecular weight excluding hydrogens is 433 g/mol. The van der Waals surface area contributed by atoms with Crippen molar-refractivity contribution in [1.82, 2.24) is 19.5 Å². The maximum absolute atomic E-state index is 14.3. The van der Waals surface area contributed by atoms with Crippen molar-refractivity contribution in [2.24, 2.45) is 5.14 Å². The molecule has 2 aromatic heterocycles. The normalized spacial score (nSPS) is 11.3. The van der Waals surface area contributed by atoms with Gasteiger partial charge in [-0.2, -0.15) is 4.98 Å². The highest BCUT2D eigenvalue weighted by atomic mass is 32.2. The minimum absolute atomic E-state index is 0.0151. The van der Waals surface area contributed by atoms with E-state index in [1.54, 1.807) is 31.6 Å². The molecule has 0 atom stereocenters. The first-order valence-electron chi connectivity index (χ1n) is 9.53. The van der Waals surface area contributed by atoms with Gasteiger partial charge in [0.25, 0.3) is 0 Å². The predicted molar refractivity (Wildman–Crippen MR) is 119 cm³/mol. The number of imidazole rings is 1. The lowest BCUT2D eigenvalue weighted by Crippen LogP contribution is -2.14. The van der Waals surface area contributed by atoms with Crippen LogP contribution in [0.5, 0.6) is 0 Å². The molecule has 0 unspecified atom stereocenters. The molecule has 11 heteroatoms. The lowest BCUT2D eigenvalue weighted by Gasteiger charge is -2.11. The van der Waals surface area contributed by atoms with Crippen molar-refractivity contribution in [3.63, 3.8) is 0 Å². The third-order valence-corrected chi connectivity index (χ3v) is 5.69. The molecule has 4 N–H and O–H groups in total. The van der Waals surface area contributed by atoms with Gasteiger partial charge in [-0.1, -0.05) is 18.2 Å². The Kier molecular flexibility index (Phi) is 5.84. The van der Waals surface area contributed by atoms with Crippen LogP contribution in [0.15, 0.2) is 72.3 Å². The SMILES string of the molecule is Cc1ccc(Nc2ncc(F)c(Nc3ccc(Cn4ccnc4)cc3)n2)cc1S(N)(=O)=O. The van der Waals surface area contributed by atoms with Gasteiger partial charge in [-0.25, -0.2) is 27.9 Å². The largest absolute Gasteiger partial charge is 0.338 e. The van der Waals surface area contributed by atoms with Crippen LogP contribution in [-0.2, 0) is 16.6 Å². The number of nitrogens with zero attached hydrogens (tertiary/aromatic N) is 4. The number of sulfonamides is 1. The summed E-state index contributed by atoms with van der Waals surface area (Å²) in [5, 5.41) is 11.0. The number of primary sulfonamides is 1. The second kappa shape index (κ2) is 8.73. The maximum atomic E-state index is 14.3. The van der Waals surface area contributed by atoms with E-state index >= 15 is 0 Å². The molecule has 0 fully saturated rings. The Labute approximate surface area is 184 Å². The van der Waals surface area contributed by atoms with Crippen LogP contribution in [0.25, 0.3) is 0 Å². The topological polar surface area (TPSA) is 128 Å². The van der Waals surface area contributed by atoms with Gasteiger partial charge < -0.3 is 15.2 Å².